The molecule has 0 aromatic heterocycles. The molecular formula is C33H26N2O2. The standard InChI is InChI=1S/C33H26N2O2/c1-22-14-16-31(23(2)18-22)35-33(36)27(20-34)19-30-29-13-6-4-9-25(29)15-17-32(30)37-21-26-11-7-10-24-8-3-5-12-28(24)26/h3-19H,21H2,1-2H3,(H,35,36)/b27-19+. The van der Waals surface area contributed by atoms with Crippen LogP contribution in [0.2, 0.25) is 0 Å². The Morgan fingerprint density at radius 1 is 0.865 bits per heavy atom. The van der Waals surface area contributed by atoms with Crippen molar-refractivity contribution in [3.63, 3.8) is 0 Å². The zero-order chi connectivity index (χ0) is 25.8. The molecule has 0 fully saturated rings. The predicted molar refractivity (Wildman–Crippen MR) is 150 cm³/mol. The number of nitrogens with zero attached hydrogens (tertiary/aromatic N) is 1. The third kappa shape index (κ3) is 5.07. The number of fused-ring (bicyclic) bond motifs is 2. The van der Waals surface area contributed by atoms with Gasteiger partial charge in [-0.05, 0) is 64.7 Å². The number of hydrogen-bond acceptors (Lipinski definition) is 3. The number of rotatable bonds is 6. The second-order valence-corrected chi connectivity index (χ2v) is 9.07. The average Bonchev–Trinajstić information content (AvgIpc) is 2.92. The van der Waals surface area contributed by atoms with Gasteiger partial charge in [-0.15, -0.1) is 0 Å². The maximum Gasteiger partial charge on any atom is 0.266 e. The summed E-state index contributed by atoms with van der Waals surface area (Å²) in [4.78, 5) is 13.1. The predicted octanol–water partition coefficient (Wildman–Crippen LogP) is 7.73. The van der Waals surface area contributed by atoms with Crippen LogP contribution in [0.1, 0.15) is 22.3 Å². The van der Waals surface area contributed by atoms with Crippen LogP contribution >= 0.6 is 0 Å². The van der Waals surface area contributed by atoms with Crippen molar-refractivity contribution in [1.29, 1.82) is 5.26 Å². The van der Waals surface area contributed by atoms with Crippen LogP contribution < -0.4 is 10.1 Å². The van der Waals surface area contributed by atoms with Gasteiger partial charge in [0.15, 0.2) is 0 Å². The van der Waals surface area contributed by atoms with Crippen LogP contribution in [0, 0.1) is 25.2 Å². The van der Waals surface area contributed by atoms with Gasteiger partial charge in [0.05, 0.1) is 0 Å². The molecule has 5 aromatic rings. The van der Waals surface area contributed by atoms with Crippen LogP contribution in [0.15, 0.2) is 103 Å². The molecule has 0 bridgehead atoms. The molecule has 0 spiro atoms. The summed E-state index contributed by atoms with van der Waals surface area (Å²) in [5, 5.41) is 17.0. The highest BCUT2D eigenvalue weighted by Gasteiger charge is 2.15. The fourth-order valence-corrected chi connectivity index (χ4v) is 4.56. The lowest BCUT2D eigenvalue weighted by Gasteiger charge is -2.14. The van der Waals surface area contributed by atoms with E-state index in [-0.39, 0.29) is 5.57 Å². The minimum absolute atomic E-state index is 0.00587. The fourth-order valence-electron chi connectivity index (χ4n) is 4.56. The van der Waals surface area contributed by atoms with E-state index in [1.165, 1.54) is 0 Å². The monoisotopic (exact) mass is 482 g/mol. The van der Waals surface area contributed by atoms with Crippen molar-refractivity contribution in [2.75, 3.05) is 5.32 Å². The average molecular weight is 483 g/mol. The molecule has 0 radical (unpaired) electrons. The summed E-state index contributed by atoms with van der Waals surface area (Å²) < 4.78 is 6.33. The number of carbonyl (C=O) groups is 1. The molecule has 0 saturated heterocycles. The summed E-state index contributed by atoms with van der Waals surface area (Å²) in [6.07, 6.45) is 1.62. The topological polar surface area (TPSA) is 62.1 Å². The van der Waals surface area contributed by atoms with Gasteiger partial charge in [-0.3, -0.25) is 4.79 Å². The van der Waals surface area contributed by atoms with Gasteiger partial charge in [0.25, 0.3) is 5.91 Å². The Kier molecular flexibility index (Phi) is 6.70. The molecule has 0 unspecified atom stereocenters. The van der Waals surface area contributed by atoms with Crippen molar-refractivity contribution in [3.8, 4) is 11.8 Å². The van der Waals surface area contributed by atoms with E-state index in [1.807, 2.05) is 86.6 Å². The fraction of sp³-hybridized carbons (Fsp3) is 0.0909. The molecule has 0 atom stereocenters. The van der Waals surface area contributed by atoms with Crippen LogP contribution in [0.3, 0.4) is 0 Å². The number of aryl methyl sites for hydroxylation is 2. The first-order chi connectivity index (χ1) is 18.0. The van der Waals surface area contributed by atoms with Gasteiger partial charge in [-0.25, -0.2) is 0 Å². The third-order valence-electron chi connectivity index (χ3n) is 6.48. The Hall–Kier alpha value is -4.88. The van der Waals surface area contributed by atoms with Crippen molar-refractivity contribution in [2.45, 2.75) is 20.5 Å². The van der Waals surface area contributed by atoms with Gasteiger partial charge in [-0.1, -0.05) is 90.5 Å². The number of carbonyl (C=O) groups excluding carboxylic acids is 1. The maximum atomic E-state index is 13.1. The number of nitrogens with one attached hydrogen (secondary N) is 1. The number of anilines is 1. The SMILES string of the molecule is Cc1ccc(NC(=O)/C(C#N)=C/c2c(OCc3cccc4ccccc34)ccc3ccccc23)c(C)c1. The van der Waals surface area contributed by atoms with E-state index >= 15 is 0 Å². The normalized spacial score (nSPS) is 11.3. The van der Waals surface area contributed by atoms with Crippen LogP contribution in [0.4, 0.5) is 5.69 Å². The molecule has 4 heteroatoms. The molecule has 5 rings (SSSR count). The van der Waals surface area contributed by atoms with Crippen molar-refractivity contribution in [3.05, 3.63) is 125 Å². The third-order valence-corrected chi connectivity index (χ3v) is 6.48. The first-order valence-electron chi connectivity index (χ1n) is 12.1. The molecule has 37 heavy (non-hydrogen) atoms. The van der Waals surface area contributed by atoms with Crippen molar-refractivity contribution < 1.29 is 9.53 Å². The minimum atomic E-state index is -0.456. The molecule has 4 nitrogen and oxygen atoms in total. The first-order valence-corrected chi connectivity index (χ1v) is 12.1. The van der Waals surface area contributed by atoms with Gasteiger partial charge < -0.3 is 10.1 Å². The first kappa shape index (κ1) is 23.8. The highest BCUT2D eigenvalue weighted by molar-refractivity contribution is 6.11. The molecule has 0 heterocycles. The lowest BCUT2D eigenvalue weighted by atomic mass is 10.0. The van der Waals surface area contributed by atoms with Gasteiger partial charge in [0, 0.05) is 11.3 Å². The minimum Gasteiger partial charge on any atom is -0.488 e. The Balaban J connectivity index is 1.52. The van der Waals surface area contributed by atoms with Crippen LogP contribution in [-0.2, 0) is 11.4 Å². The number of nitriles is 1. The molecule has 180 valence electrons. The quantitative estimate of drug-likeness (QED) is 0.199. The van der Waals surface area contributed by atoms with Crippen molar-refractivity contribution >= 4 is 39.2 Å². The second kappa shape index (κ2) is 10.4. The number of ether oxygens (including phenoxy) is 1. The van der Waals surface area contributed by atoms with E-state index < -0.39 is 5.91 Å². The van der Waals surface area contributed by atoms with Gasteiger partial charge in [0.2, 0.25) is 0 Å². The van der Waals surface area contributed by atoms with Gasteiger partial charge in [-0.2, -0.15) is 5.26 Å². The van der Waals surface area contributed by atoms with E-state index in [9.17, 15) is 10.1 Å². The maximum absolute atomic E-state index is 13.1. The van der Waals surface area contributed by atoms with E-state index in [0.29, 0.717) is 23.6 Å². The molecule has 0 aliphatic rings. The number of hydrogen-bond donors (Lipinski definition) is 1. The molecule has 1 N–H and O–H groups in total. The van der Waals surface area contributed by atoms with Gasteiger partial charge in [0.1, 0.15) is 24.0 Å². The Bertz CT molecular complexity index is 1700. The van der Waals surface area contributed by atoms with Crippen molar-refractivity contribution in [2.24, 2.45) is 0 Å². The molecular weight excluding hydrogens is 456 g/mol. The summed E-state index contributed by atoms with van der Waals surface area (Å²) in [5.41, 5.74) is 4.50. The molecule has 1 amide bonds. The molecule has 0 saturated carbocycles. The highest BCUT2D eigenvalue weighted by Crippen LogP contribution is 2.32. The zero-order valence-electron chi connectivity index (χ0n) is 20.8. The smallest absolute Gasteiger partial charge is 0.266 e. The Morgan fingerprint density at radius 2 is 1.57 bits per heavy atom. The second-order valence-electron chi connectivity index (χ2n) is 9.07. The van der Waals surface area contributed by atoms with E-state index in [4.69, 9.17) is 4.74 Å². The van der Waals surface area contributed by atoms with E-state index in [1.54, 1.807) is 6.08 Å². The largest absolute Gasteiger partial charge is 0.488 e. The summed E-state index contributed by atoms with van der Waals surface area (Å²) in [6.45, 7) is 4.29. The van der Waals surface area contributed by atoms with E-state index in [2.05, 4.69) is 35.7 Å². The molecule has 0 aliphatic carbocycles. The van der Waals surface area contributed by atoms with Crippen molar-refractivity contribution in [1.82, 2.24) is 0 Å². The van der Waals surface area contributed by atoms with E-state index in [0.717, 1.165) is 38.2 Å². The summed E-state index contributed by atoms with van der Waals surface area (Å²) in [5.74, 6) is 0.154. The summed E-state index contributed by atoms with van der Waals surface area (Å²) in [6, 6.07) is 34.0. The van der Waals surface area contributed by atoms with Crippen LogP contribution in [0.5, 0.6) is 5.75 Å². The lowest BCUT2D eigenvalue weighted by molar-refractivity contribution is -0.112. The number of benzene rings is 5. The number of amides is 1. The Labute approximate surface area is 216 Å². The summed E-state index contributed by atoms with van der Waals surface area (Å²) >= 11 is 0. The molecule has 5 aromatic carbocycles. The molecule has 0 aliphatic heterocycles. The summed E-state index contributed by atoms with van der Waals surface area (Å²) in [7, 11) is 0. The lowest BCUT2D eigenvalue weighted by Crippen LogP contribution is -2.14. The van der Waals surface area contributed by atoms with Crippen LogP contribution in [0.25, 0.3) is 27.6 Å². The zero-order valence-corrected chi connectivity index (χ0v) is 20.8. The highest BCUT2D eigenvalue weighted by atomic mass is 16.5. The Morgan fingerprint density at radius 3 is 2.32 bits per heavy atom. The van der Waals surface area contributed by atoms with Gasteiger partial charge >= 0.3 is 0 Å². The van der Waals surface area contributed by atoms with Crippen LogP contribution in [-0.4, -0.2) is 5.91 Å².